The van der Waals surface area contributed by atoms with Gasteiger partial charge in [0.2, 0.25) is 5.91 Å². The van der Waals surface area contributed by atoms with E-state index in [0.29, 0.717) is 10.0 Å². The van der Waals surface area contributed by atoms with E-state index in [1.165, 1.54) is 0 Å². The van der Waals surface area contributed by atoms with Gasteiger partial charge in [0.05, 0.1) is 22.0 Å². The minimum Gasteiger partial charge on any atom is -0.349 e. The molecule has 2 N–H and O–H groups in total. The maximum absolute atomic E-state index is 12.1. The van der Waals surface area contributed by atoms with Crippen molar-refractivity contribution in [2.45, 2.75) is 25.8 Å². The molecule has 0 bridgehead atoms. The molecule has 20 heavy (non-hydrogen) atoms. The number of amides is 1. The van der Waals surface area contributed by atoms with Crippen molar-refractivity contribution in [1.82, 2.24) is 10.6 Å². The molecule has 112 valence electrons. The molecular formula is C14H19Cl3N2O. The molecule has 1 amide bonds. The largest absolute Gasteiger partial charge is 0.349 e. The number of benzene rings is 1. The van der Waals surface area contributed by atoms with Crippen LogP contribution in [0.5, 0.6) is 0 Å². The van der Waals surface area contributed by atoms with Crippen molar-refractivity contribution in [2.75, 3.05) is 13.1 Å². The van der Waals surface area contributed by atoms with Crippen LogP contribution in [0.3, 0.4) is 0 Å². The first-order valence-electron chi connectivity index (χ1n) is 6.54. The summed E-state index contributed by atoms with van der Waals surface area (Å²) < 4.78 is 0. The van der Waals surface area contributed by atoms with Gasteiger partial charge in [0.15, 0.2) is 0 Å². The molecular weight excluding hydrogens is 319 g/mol. The van der Waals surface area contributed by atoms with Gasteiger partial charge in [-0.15, -0.1) is 12.4 Å². The molecule has 0 spiro atoms. The van der Waals surface area contributed by atoms with E-state index < -0.39 is 0 Å². The predicted octanol–water partition coefficient (Wildman–Crippen LogP) is 3.59. The van der Waals surface area contributed by atoms with Gasteiger partial charge in [-0.2, -0.15) is 0 Å². The van der Waals surface area contributed by atoms with E-state index in [1.807, 2.05) is 13.0 Å². The molecule has 0 aromatic heterocycles. The second-order valence-electron chi connectivity index (χ2n) is 4.95. The first kappa shape index (κ1) is 17.6. The fourth-order valence-corrected chi connectivity index (χ4v) is 2.58. The lowest BCUT2D eigenvalue weighted by Gasteiger charge is -2.24. The molecule has 1 saturated heterocycles. The number of halogens is 3. The second kappa shape index (κ2) is 8.08. The van der Waals surface area contributed by atoms with Gasteiger partial charge >= 0.3 is 0 Å². The highest BCUT2D eigenvalue weighted by molar-refractivity contribution is 6.42. The zero-order valence-electron chi connectivity index (χ0n) is 11.3. The van der Waals surface area contributed by atoms with Crippen molar-refractivity contribution in [2.24, 2.45) is 5.92 Å². The van der Waals surface area contributed by atoms with Gasteiger partial charge in [-0.1, -0.05) is 29.3 Å². The molecule has 3 nitrogen and oxygen atoms in total. The molecule has 1 aromatic rings. The quantitative estimate of drug-likeness (QED) is 0.885. The van der Waals surface area contributed by atoms with Gasteiger partial charge in [-0.3, -0.25) is 4.79 Å². The summed E-state index contributed by atoms with van der Waals surface area (Å²) in [5.74, 6) is 0.171. The maximum atomic E-state index is 12.1. The molecule has 0 aliphatic carbocycles. The van der Waals surface area contributed by atoms with E-state index in [0.717, 1.165) is 31.5 Å². The number of carbonyl (C=O) groups excluding carboxylic acids is 1. The number of hydrogen-bond acceptors (Lipinski definition) is 2. The molecule has 1 fully saturated rings. The minimum absolute atomic E-state index is 0. The van der Waals surface area contributed by atoms with Gasteiger partial charge < -0.3 is 10.6 Å². The van der Waals surface area contributed by atoms with E-state index in [9.17, 15) is 4.79 Å². The van der Waals surface area contributed by atoms with Crippen molar-refractivity contribution >= 4 is 41.5 Å². The summed E-state index contributed by atoms with van der Waals surface area (Å²) in [4.78, 5) is 12.1. The molecule has 1 aliphatic rings. The lowest BCUT2D eigenvalue weighted by molar-refractivity contribution is -0.126. The average Bonchev–Trinajstić information content (AvgIpc) is 2.42. The fourth-order valence-electron chi connectivity index (χ4n) is 2.27. The van der Waals surface area contributed by atoms with Crippen LogP contribution < -0.4 is 10.6 Å². The van der Waals surface area contributed by atoms with Crippen LogP contribution in [-0.2, 0) is 4.79 Å². The Balaban J connectivity index is 0.00000200. The van der Waals surface area contributed by atoms with Gasteiger partial charge in [-0.25, -0.2) is 0 Å². The molecule has 2 atom stereocenters. The summed E-state index contributed by atoms with van der Waals surface area (Å²) >= 11 is 11.9. The summed E-state index contributed by atoms with van der Waals surface area (Å²) in [7, 11) is 0. The standard InChI is InChI=1S/C14H18Cl2N2O.ClH/c1-9(10-4-5-12(15)13(16)7-10)18-14(19)11-3-2-6-17-8-11;/h4-5,7,9,11,17H,2-3,6,8H2,1H3,(H,18,19);1H/t9?,11-;/m1./s1. The van der Waals surface area contributed by atoms with E-state index in [-0.39, 0.29) is 30.3 Å². The minimum atomic E-state index is -0.0656. The molecule has 6 heteroatoms. The maximum Gasteiger partial charge on any atom is 0.224 e. The fraction of sp³-hybridized carbons (Fsp3) is 0.500. The Hall–Kier alpha value is -0.480. The number of nitrogens with one attached hydrogen (secondary N) is 2. The Labute approximate surface area is 135 Å². The van der Waals surface area contributed by atoms with Gasteiger partial charge in [-0.05, 0) is 44.0 Å². The SMILES string of the molecule is CC(NC(=O)[C@@H]1CCCNC1)c1ccc(Cl)c(Cl)c1.Cl. The van der Waals surface area contributed by atoms with Gasteiger partial charge in [0, 0.05) is 6.54 Å². The first-order valence-corrected chi connectivity index (χ1v) is 7.29. The van der Waals surface area contributed by atoms with Gasteiger partial charge in [0.1, 0.15) is 0 Å². The number of piperidine rings is 1. The molecule has 1 heterocycles. The number of carbonyl (C=O) groups is 1. The molecule has 0 saturated carbocycles. The molecule has 0 radical (unpaired) electrons. The summed E-state index contributed by atoms with van der Waals surface area (Å²) in [6.07, 6.45) is 2.01. The van der Waals surface area contributed by atoms with Crippen LogP contribution in [0.1, 0.15) is 31.4 Å². The predicted molar refractivity (Wildman–Crippen MR) is 85.9 cm³/mol. The van der Waals surface area contributed by atoms with E-state index in [4.69, 9.17) is 23.2 Å². The zero-order valence-corrected chi connectivity index (χ0v) is 13.6. The van der Waals surface area contributed by atoms with Crippen LogP contribution in [0.15, 0.2) is 18.2 Å². The molecule has 1 aromatic carbocycles. The van der Waals surface area contributed by atoms with Crippen LogP contribution in [0.2, 0.25) is 10.0 Å². The van der Waals surface area contributed by atoms with Crippen LogP contribution in [0.4, 0.5) is 0 Å². The van der Waals surface area contributed by atoms with Crippen molar-refractivity contribution < 1.29 is 4.79 Å². The lowest BCUT2D eigenvalue weighted by Crippen LogP contribution is -2.41. The summed E-state index contributed by atoms with van der Waals surface area (Å²) in [6, 6.07) is 5.38. The highest BCUT2D eigenvalue weighted by Crippen LogP contribution is 2.25. The van der Waals surface area contributed by atoms with Crippen LogP contribution in [-0.4, -0.2) is 19.0 Å². The van der Waals surface area contributed by atoms with E-state index in [2.05, 4.69) is 10.6 Å². The topological polar surface area (TPSA) is 41.1 Å². The first-order chi connectivity index (χ1) is 9.08. The van der Waals surface area contributed by atoms with E-state index >= 15 is 0 Å². The summed E-state index contributed by atoms with van der Waals surface area (Å²) in [5, 5.41) is 7.32. The average molecular weight is 338 g/mol. The van der Waals surface area contributed by atoms with E-state index in [1.54, 1.807) is 12.1 Å². The van der Waals surface area contributed by atoms with Crippen molar-refractivity contribution in [3.63, 3.8) is 0 Å². The zero-order chi connectivity index (χ0) is 13.8. The summed E-state index contributed by atoms with van der Waals surface area (Å²) in [5.41, 5.74) is 0.964. The van der Waals surface area contributed by atoms with Crippen molar-refractivity contribution in [1.29, 1.82) is 0 Å². The second-order valence-corrected chi connectivity index (χ2v) is 5.76. The Morgan fingerprint density at radius 3 is 2.75 bits per heavy atom. The Morgan fingerprint density at radius 1 is 1.40 bits per heavy atom. The van der Waals surface area contributed by atoms with Crippen LogP contribution in [0.25, 0.3) is 0 Å². The number of rotatable bonds is 3. The highest BCUT2D eigenvalue weighted by Gasteiger charge is 2.22. The van der Waals surface area contributed by atoms with Crippen molar-refractivity contribution in [3.05, 3.63) is 33.8 Å². The van der Waals surface area contributed by atoms with Crippen LogP contribution in [0, 0.1) is 5.92 Å². The molecule has 1 aliphatic heterocycles. The Morgan fingerprint density at radius 2 is 2.15 bits per heavy atom. The van der Waals surface area contributed by atoms with Crippen LogP contribution >= 0.6 is 35.6 Å². The lowest BCUT2D eigenvalue weighted by atomic mass is 9.98. The Bertz CT molecular complexity index is 462. The summed E-state index contributed by atoms with van der Waals surface area (Å²) in [6.45, 7) is 3.72. The third-order valence-electron chi connectivity index (χ3n) is 3.47. The Kier molecular flexibility index (Phi) is 7.10. The van der Waals surface area contributed by atoms with Crippen molar-refractivity contribution in [3.8, 4) is 0 Å². The normalized spacial score (nSPS) is 19.9. The van der Waals surface area contributed by atoms with Gasteiger partial charge in [0.25, 0.3) is 0 Å². The molecule has 1 unspecified atom stereocenters. The number of hydrogen-bond donors (Lipinski definition) is 2. The molecule has 2 rings (SSSR count). The third kappa shape index (κ3) is 4.52. The smallest absolute Gasteiger partial charge is 0.224 e. The third-order valence-corrected chi connectivity index (χ3v) is 4.21. The monoisotopic (exact) mass is 336 g/mol. The highest BCUT2D eigenvalue weighted by atomic mass is 35.5.